The van der Waals surface area contributed by atoms with E-state index in [1.165, 1.54) is 24.3 Å². The van der Waals surface area contributed by atoms with Crippen molar-refractivity contribution in [3.63, 3.8) is 0 Å². The first kappa shape index (κ1) is 19.1. The van der Waals surface area contributed by atoms with Gasteiger partial charge >= 0.3 is 0 Å². The summed E-state index contributed by atoms with van der Waals surface area (Å²) in [5.74, 6) is 0.937. The number of aromatic nitrogens is 2. The first-order chi connectivity index (χ1) is 14.4. The van der Waals surface area contributed by atoms with Crippen LogP contribution in [0, 0.1) is 21.4 Å². The van der Waals surface area contributed by atoms with E-state index in [1.54, 1.807) is 36.4 Å². The van der Waals surface area contributed by atoms with Crippen LogP contribution in [0.25, 0.3) is 33.9 Å². The van der Waals surface area contributed by atoms with Crippen molar-refractivity contribution in [3.05, 3.63) is 91.7 Å². The van der Waals surface area contributed by atoms with Crippen LogP contribution < -0.4 is 5.56 Å². The minimum atomic E-state index is -0.482. The number of nitrogens with one attached hydrogen (secondary N) is 1. The average Bonchev–Trinajstić information content (AvgIpc) is 3.21. The fourth-order valence-corrected chi connectivity index (χ4v) is 3.04. The highest BCUT2D eigenvalue weighted by molar-refractivity contribution is 6.31. The number of furan rings is 1. The van der Waals surface area contributed by atoms with Crippen LogP contribution in [0.15, 0.2) is 63.8 Å². The molecule has 0 aliphatic rings. The quantitative estimate of drug-likeness (QED) is 0.288. The predicted octanol–water partition coefficient (Wildman–Crippen LogP) is 4.81. The molecular weight excluding hydrogens is 408 g/mol. The lowest BCUT2D eigenvalue weighted by Gasteiger charge is -2.02. The van der Waals surface area contributed by atoms with Gasteiger partial charge in [0.25, 0.3) is 11.2 Å². The van der Waals surface area contributed by atoms with Crippen molar-refractivity contribution in [1.29, 1.82) is 5.26 Å². The van der Waals surface area contributed by atoms with Gasteiger partial charge in [0.05, 0.1) is 21.4 Å². The molecule has 2 heterocycles. The van der Waals surface area contributed by atoms with E-state index >= 15 is 0 Å². The third-order valence-corrected chi connectivity index (χ3v) is 4.55. The van der Waals surface area contributed by atoms with Gasteiger partial charge < -0.3 is 9.40 Å². The van der Waals surface area contributed by atoms with Gasteiger partial charge in [-0.2, -0.15) is 5.26 Å². The van der Waals surface area contributed by atoms with Crippen molar-refractivity contribution >= 4 is 39.8 Å². The zero-order valence-corrected chi connectivity index (χ0v) is 15.9. The molecule has 4 aromatic rings. The Morgan fingerprint density at radius 1 is 1.20 bits per heavy atom. The smallest absolute Gasteiger partial charge is 0.269 e. The summed E-state index contributed by atoms with van der Waals surface area (Å²) < 4.78 is 5.72. The standard InChI is InChI=1S/C21H11ClN4O4/c22-14-3-7-18-17(10-14)21(27)25-20(24-18)13(11-23)9-16-6-8-19(30-16)12-1-4-15(5-2-12)26(28)29/h1-10H,(H,24,25,27)/b13-9+. The highest BCUT2D eigenvalue weighted by Crippen LogP contribution is 2.26. The molecule has 0 atom stereocenters. The van der Waals surface area contributed by atoms with E-state index in [1.807, 2.05) is 6.07 Å². The summed E-state index contributed by atoms with van der Waals surface area (Å²) in [6, 6.07) is 16.0. The first-order valence-electron chi connectivity index (χ1n) is 8.61. The van der Waals surface area contributed by atoms with Crippen LogP contribution >= 0.6 is 11.6 Å². The number of halogens is 1. The first-order valence-corrected chi connectivity index (χ1v) is 8.99. The molecule has 4 rings (SSSR count). The number of H-pyrrole nitrogens is 1. The van der Waals surface area contributed by atoms with Crippen LogP contribution in [0.4, 0.5) is 5.69 Å². The van der Waals surface area contributed by atoms with Crippen LogP contribution in [0.5, 0.6) is 0 Å². The summed E-state index contributed by atoms with van der Waals surface area (Å²) in [5.41, 5.74) is 0.723. The molecule has 0 fully saturated rings. The number of nitriles is 1. The Kier molecular flexibility index (Phi) is 4.88. The van der Waals surface area contributed by atoms with E-state index in [4.69, 9.17) is 16.0 Å². The topological polar surface area (TPSA) is 126 Å². The van der Waals surface area contributed by atoms with Crippen molar-refractivity contribution in [2.75, 3.05) is 0 Å². The molecule has 0 amide bonds. The number of aromatic amines is 1. The molecule has 9 heteroatoms. The highest BCUT2D eigenvalue weighted by atomic mass is 35.5. The molecule has 2 aromatic carbocycles. The second-order valence-electron chi connectivity index (χ2n) is 6.25. The molecule has 0 radical (unpaired) electrons. The van der Waals surface area contributed by atoms with Gasteiger partial charge in [-0.05, 0) is 42.5 Å². The second-order valence-corrected chi connectivity index (χ2v) is 6.69. The third kappa shape index (κ3) is 3.70. The molecule has 1 N–H and O–H groups in total. The Bertz CT molecular complexity index is 1410. The monoisotopic (exact) mass is 418 g/mol. The van der Waals surface area contributed by atoms with Gasteiger partial charge in [0.2, 0.25) is 0 Å². The Balaban J connectivity index is 1.69. The molecule has 0 saturated heterocycles. The number of nitro benzene ring substituents is 1. The summed E-state index contributed by atoms with van der Waals surface area (Å²) >= 11 is 5.91. The molecule has 0 aliphatic carbocycles. The number of hydrogen-bond acceptors (Lipinski definition) is 6. The van der Waals surface area contributed by atoms with Crippen LogP contribution in [-0.2, 0) is 0 Å². The number of nitro groups is 1. The van der Waals surface area contributed by atoms with Crippen molar-refractivity contribution in [1.82, 2.24) is 9.97 Å². The van der Waals surface area contributed by atoms with E-state index in [2.05, 4.69) is 9.97 Å². The molecule has 0 bridgehead atoms. The number of hydrogen-bond donors (Lipinski definition) is 1. The summed E-state index contributed by atoms with van der Waals surface area (Å²) in [4.78, 5) is 29.5. The molecule has 0 aliphatic heterocycles. The largest absolute Gasteiger partial charge is 0.457 e. The number of fused-ring (bicyclic) bond motifs is 1. The lowest BCUT2D eigenvalue weighted by atomic mass is 10.1. The van der Waals surface area contributed by atoms with E-state index in [9.17, 15) is 20.2 Å². The van der Waals surface area contributed by atoms with Gasteiger partial charge in [-0.25, -0.2) is 4.98 Å². The van der Waals surface area contributed by atoms with E-state index in [0.29, 0.717) is 33.0 Å². The Hall–Kier alpha value is -4.22. The zero-order chi connectivity index (χ0) is 21.3. The maximum absolute atomic E-state index is 12.3. The van der Waals surface area contributed by atoms with Crippen molar-refractivity contribution in [2.24, 2.45) is 0 Å². The summed E-state index contributed by atoms with van der Waals surface area (Å²) in [7, 11) is 0. The van der Waals surface area contributed by atoms with E-state index in [0.717, 1.165) is 0 Å². The average molecular weight is 419 g/mol. The van der Waals surface area contributed by atoms with E-state index < -0.39 is 10.5 Å². The number of benzene rings is 2. The van der Waals surface area contributed by atoms with Gasteiger partial charge in [0, 0.05) is 28.8 Å². The maximum atomic E-state index is 12.3. The number of rotatable bonds is 4. The van der Waals surface area contributed by atoms with Gasteiger partial charge in [0.1, 0.15) is 17.6 Å². The zero-order valence-electron chi connectivity index (χ0n) is 15.1. The minimum Gasteiger partial charge on any atom is -0.457 e. The minimum absolute atomic E-state index is 0.0233. The van der Waals surface area contributed by atoms with Gasteiger partial charge in [-0.15, -0.1) is 0 Å². The molecular formula is C21H11ClN4O4. The molecule has 8 nitrogen and oxygen atoms in total. The van der Waals surface area contributed by atoms with Gasteiger partial charge in [-0.1, -0.05) is 11.6 Å². The van der Waals surface area contributed by atoms with E-state index in [-0.39, 0.29) is 17.1 Å². The maximum Gasteiger partial charge on any atom is 0.269 e. The molecule has 30 heavy (non-hydrogen) atoms. The lowest BCUT2D eigenvalue weighted by molar-refractivity contribution is -0.384. The Morgan fingerprint density at radius 2 is 1.97 bits per heavy atom. The van der Waals surface area contributed by atoms with Crippen LogP contribution in [-0.4, -0.2) is 14.9 Å². The fraction of sp³-hybridized carbons (Fsp3) is 0. The van der Waals surface area contributed by atoms with Crippen LogP contribution in [0.3, 0.4) is 0 Å². The third-order valence-electron chi connectivity index (χ3n) is 4.32. The van der Waals surface area contributed by atoms with Crippen molar-refractivity contribution in [3.8, 4) is 17.4 Å². The normalized spacial score (nSPS) is 11.4. The number of non-ortho nitro benzene ring substituents is 1. The van der Waals surface area contributed by atoms with Crippen molar-refractivity contribution in [2.45, 2.75) is 0 Å². The Labute approximate surface area is 173 Å². The van der Waals surface area contributed by atoms with Crippen molar-refractivity contribution < 1.29 is 9.34 Å². The number of allylic oxidation sites excluding steroid dienone is 1. The SMILES string of the molecule is N#C/C(=C\c1ccc(-c2ccc([N+](=O)[O-])cc2)o1)c1nc2ccc(Cl)cc2c(=O)[nH]1. The lowest BCUT2D eigenvalue weighted by Crippen LogP contribution is -2.11. The van der Waals surface area contributed by atoms with Crippen LogP contribution in [0.2, 0.25) is 5.02 Å². The fourth-order valence-electron chi connectivity index (χ4n) is 2.87. The van der Waals surface area contributed by atoms with Crippen LogP contribution in [0.1, 0.15) is 11.6 Å². The summed E-state index contributed by atoms with van der Waals surface area (Å²) in [6.07, 6.45) is 1.45. The summed E-state index contributed by atoms with van der Waals surface area (Å²) in [6.45, 7) is 0. The number of nitrogens with zero attached hydrogens (tertiary/aromatic N) is 3. The molecule has 0 saturated carbocycles. The second kappa shape index (κ2) is 7.66. The van der Waals surface area contributed by atoms with Gasteiger partial charge in [0.15, 0.2) is 5.82 Å². The highest BCUT2D eigenvalue weighted by Gasteiger charge is 2.12. The summed E-state index contributed by atoms with van der Waals surface area (Å²) in [5, 5.41) is 21.0. The Morgan fingerprint density at radius 3 is 2.67 bits per heavy atom. The predicted molar refractivity (Wildman–Crippen MR) is 112 cm³/mol. The molecule has 2 aromatic heterocycles. The molecule has 146 valence electrons. The molecule has 0 spiro atoms. The molecule has 0 unspecified atom stereocenters. The van der Waals surface area contributed by atoms with Gasteiger partial charge in [-0.3, -0.25) is 14.9 Å².